The Morgan fingerprint density at radius 2 is 1.84 bits per heavy atom. The van der Waals surface area contributed by atoms with Gasteiger partial charge in [0.1, 0.15) is 11.5 Å². The van der Waals surface area contributed by atoms with E-state index in [0.29, 0.717) is 18.4 Å². The monoisotopic (exact) mass is 522 g/mol. The van der Waals surface area contributed by atoms with Crippen molar-refractivity contribution in [1.29, 1.82) is 0 Å². The number of methoxy groups -OCH3 is 1. The quantitative estimate of drug-likeness (QED) is 0.357. The molecule has 1 aliphatic carbocycles. The van der Waals surface area contributed by atoms with Gasteiger partial charge in [0.25, 0.3) is 5.91 Å². The van der Waals surface area contributed by atoms with Crippen LogP contribution in [0.2, 0.25) is 0 Å². The van der Waals surface area contributed by atoms with E-state index in [0.717, 1.165) is 86.5 Å². The molecular weight excluding hydrogens is 480 g/mol. The molecule has 7 heteroatoms. The summed E-state index contributed by atoms with van der Waals surface area (Å²) in [5.41, 5.74) is 2.73. The Kier molecular flexibility index (Phi) is 9.53. The van der Waals surface area contributed by atoms with Crippen molar-refractivity contribution >= 4 is 17.6 Å². The van der Waals surface area contributed by atoms with Crippen LogP contribution in [0.25, 0.3) is 0 Å². The zero-order valence-electron chi connectivity index (χ0n) is 23.0. The first kappa shape index (κ1) is 27.8. The van der Waals surface area contributed by atoms with E-state index in [9.17, 15) is 14.7 Å². The molecule has 1 unspecified atom stereocenters. The van der Waals surface area contributed by atoms with Gasteiger partial charge in [-0.3, -0.25) is 9.59 Å². The van der Waals surface area contributed by atoms with Crippen molar-refractivity contribution in [3.8, 4) is 11.5 Å². The van der Waals surface area contributed by atoms with E-state index < -0.39 is 5.97 Å². The predicted molar refractivity (Wildman–Crippen MR) is 149 cm³/mol. The number of hydrogen-bond acceptors (Lipinski definition) is 5. The highest BCUT2D eigenvalue weighted by atomic mass is 16.5. The highest BCUT2D eigenvalue weighted by Gasteiger charge is 2.34. The summed E-state index contributed by atoms with van der Waals surface area (Å²) in [5, 5.41) is 9.34. The van der Waals surface area contributed by atoms with E-state index >= 15 is 0 Å². The third-order valence-corrected chi connectivity index (χ3v) is 7.94. The topological polar surface area (TPSA) is 79.3 Å². The highest BCUT2D eigenvalue weighted by Crippen LogP contribution is 2.45. The Hall–Kier alpha value is -3.22. The summed E-state index contributed by atoms with van der Waals surface area (Å²) in [6.45, 7) is 5.21. The number of rotatable bonds is 13. The van der Waals surface area contributed by atoms with Crippen LogP contribution in [-0.4, -0.2) is 62.3 Å². The number of amides is 1. The number of aliphatic carboxylic acids is 1. The summed E-state index contributed by atoms with van der Waals surface area (Å²) >= 11 is 0. The second-order valence-corrected chi connectivity index (χ2v) is 10.8. The molecule has 1 heterocycles. The van der Waals surface area contributed by atoms with Gasteiger partial charge in [-0.25, -0.2) is 0 Å². The van der Waals surface area contributed by atoms with Gasteiger partial charge in [0.05, 0.1) is 31.4 Å². The van der Waals surface area contributed by atoms with Gasteiger partial charge in [-0.2, -0.15) is 0 Å². The van der Waals surface area contributed by atoms with E-state index in [-0.39, 0.29) is 18.2 Å². The molecular formula is C31H42N2O5. The van der Waals surface area contributed by atoms with Crippen LogP contribution in [0.5, 0.6) is 11.5 Å². The third-order valence-electron chi connectivity index (χ3n) is 7.94. The fourth-order valence-corrected chi connectivity index (χ4v) is 5.42. The second kappa shape index (κ2) is 13.0. The fraction of sp³-hybridized carbons (Fsp3) is 0.548. The maximum Gasteiger partial charge on any atom is 0.303 e. The number of ether oxygens (including phenoxy) is 2. The lowest BCUT2D eigenvalue weighted by Crippen LogP contribution is -2.37. The van der Waals surface area contributed by atoms with Crippen LogP contribution >= 0.6 is 0 Å². The number of carbonyl (C=O) groups is 2. The molecule has 2 aromatic carbocycles. The maximum atomic E-state index is 13.2. The lowest BCUT2D eigenvalue weighted by molar-refractivity contribution is -0.137. The molecule has 2 aliphatic rings. The Morgan fingerprint density at radius 1 is 1.08 bits per heavy atom. The predicted octanol–water partition coefficient (Wildman–Crippen LogP) is 5.83. The minimum Gasteiger partial charge on any atom is -0.497 e. The molecule has 4 rings (SSSR count). The maximum absolute atomic E-state index is 13.2. The van der Waals surface area contributed by atoms with E-state index in [2.05, 4.69) is 11.8 Å². The van der Waals surface area contributed by atoms with Crippen molar-refractivity contribution in [1.82, 2.24) is 4.90 Å². The minimum absolute atomic E-state index is 0.0499. The Labute approximate surface area is 226 Å². The molecule has 0 spiro atoms. The average molecular weight is 523 g/mol. The van der Waals surface area contributed by atoms with Crippen molar-refractivity contribution in [2.75, 3.05) is 45.3 Å². The van der Waals surface area contributed by atoms with E-state index in [4.69, 9.17) is 9.47 Å². The fourth-order valence-electron chi connectivity index (χ4n) is 5.42. The first-order valence-electron chi connectivity index (χ1n) is 14.0. The molecule has 7 nitrogen and oxygen atoms in total. The Balaban J connectivity index is 1.36. The molecule has 1 atom stereocenters. The van der Waals surface area contributed by atoms with Crippen LogP contribution in [0.1, 0.15) is 73.7 Å². The number of anilines is 1. The van der Waals surface area contributed by atoms with Gasteiger partial charge < -0.3 is 24.4 Å². The van der Waals surface area contributed by atoms with Crippen molar-refractivity contribution < 1.29 is 24.2 Å². The summed E-state index contributed by atoms with van der Waals surface area (Å²) in [4.78, 5) is 28.7. The summed E-state index contributed by atoms with van der Waals surface area (Å²) in [6.07, 6.45) is 6.38. The molecule has 1 amide bonds. The highest BCUT2D eigenvalue weighted by molar-refractivity contribution is 6.00. The molecule has 1 aliphatic heterocycles. The zero-order valence-corrected chi connectivity index (χ0v) is 23.0. The number of carbonyl (C=O) groups excluding carboxylic acids is 1. The van der Waals surface area contributed by atoms with Crippen LogP contribution in [0.4, 0.5) is 5.69 Å². The van der Waals surface area contributed by atoms with E-state index in [1.54, 1.807) is 7.11 Å². The van der Waals surface area contributed by atoms with Gasteiger partial charge in [-0.15, -0.1) is 0 Å². The molecule has 1 saturated heterocycles. The molecule has 1 N–H and O–H groups in total. The molecule has 206 valence electrons. The average Bonchev–Trinajstić information content (AvgIpc) is 3.78. The summed E-state index contributed by atoms with van der Waals surface area (Å²) in [6, 6.07) is 13.7. The van der Waals surface area contributed by atoms with Crippen LogP contribution in [0.15, 0.2) is 42.5 Å². The van der Waals surface area contributed by atoms with Gasteiger partial charge in [-0.1, -0.05) is 25.5 Å². The second-order valence-electron chi connectivity index (χ2n) is 10.8. The number of nitrogens with zero attached hydrogens (tertiary/aromatic N) is 2. The Morgan fingerprint density at radius 3 is 2.50 bits per heavy atom. The number of carboxylic acid groups (broad SMARTS) is 1. The zero-order chi connectivity index (χ0) is 27.1. The lowest BCUT2D eigenvalue weighted by Gasteiger charge is -2.35. The smallest absolute Gasteiger partial charge is 0.303 e. The van der Waals surface area contributed by atoms with Gasteiger partial charge in [0.15, 0.2) is 0 Å². The molecule has 38 heavy (non-hydrogen) atoms. The molecule has 0 aromatic heterocycles. The van der Waals surface area contributed by atoms with Crippen LogP contribution < -0.4 is 14.4 Å². The molecule has 1 saturated carbocycles. The molecule has 0 bridgehead atoms. The number of piperidine rings is 1. The van der Waals surface area contributed by atoms with Crippen LogP contribution in [-0.2, 0) is 4.79 Å². The summed E-state index contributed by atoms with van der Waals surface area (Å²) in [7, 11) is 3.53. The summed E-state index contributed by atoms with van der Waals surface area (Å²) in [5.74, 6) is 1.85. The van der Waals surface area contributed by atoms with Crippen molar-refractivity contribution in [3.05, 3.63) is 53.6 Å². The van der Waals surface area contributed by atoms with E-state index in [1.807, 2.05) is 54.4 Å². The molecule has 0 radical (unpaired) electrons. The van der Waals surface area contributed by atoms with Crippen LogP contribution in [0, 0.1) is 11.8 Å². The van der Waals surface area contributed by atoms with E-state index in [1.165, 1.54) is 0 Å². The number of unbranched alkanes of at least 4 members (excludes halogenated alkanes) is 1. The third kappa shape index (κ3) is 7.21. The molecule has 2 aromatic rings. The largest absolute Gasteiger partial charge is 0.497 e. The van der Waals surface area contributed by atoms with Gasteiger partial charge in [0, 0.05) is 32.7 Å². The first-order valence-corrected chi connectivity index (χ1v) is 14.0. The van der Waals surface area contributed by atoms with Gasteiger partial charge in [0.2, 0.25) is 0 Å². The van der Waals surface area contributed by atoms with Crippen LogP contribution in [0.3, 0.4) is 0 Å². The lowest BCUT2D eigenvalue weighted by atomic mass is 9.91. The molecule has 2 fully saturated rings. The number of benzene rings is 2. The van der Waals surface area contributed by atoms with Crippen molar-refractivity contribution in [2.24, 2.45) is 11.8 Å². The van der Waals surface area contributed by atoms with Gasteiger partial charge >= 0.3 is 5.97 Å². The van der Waals surface area contributed by atoms with Crippen molar-refractivity contribution in [3.63, 3.8) is 0 Å². The van der Waals surface area contributed by atoms with Gasteiger partial charge in [-0.05, 0) is 79.7 Å². The van der Waals surface area contributed by atoms with Crippen molar-refractivity contribution in [2.45, 2.75) is 57.8 Å². The number of hydrogen-bond donors (Lipinski definition) is 1. The Bertz CT molecular complexity index is 1090. The SMILES string of the molecule is CCCCN(C)C(=O)c1ccc(OC)cc1N1CCC(COc2cccc(C(CC(=O)O)C3CC3)c2)CC1. The first-order chi connectivity index (χ1) is 18.4. The number of carboxylic acids is 1. The standard InChI is InChI=1S/C31H42N2O5/c1-4-5-15-32(2)31(36)27-12-11-25(37-3)19-29(27)33-16-13-22(14-17-33)21-38-26-8-6-7-24(18-26)28(20-30(34)35)23-9-10-23/h6-8,11-12,18-19,22-23,28H,4-5,9-10,13-17,20-21H2,1-3H3,(H,34,35). The summed E-state index contributed by atoms with van der Waals surface area (Å²) < 4.78 is 11.7. The normalized spacial score (nSPS) is 16.7. The minimum atomic E-state index is -0.742.